The number of hydrogen-bond donors (Lipinski definition) is 0. The third-order valence-corrected chi connectivity index (χ3v) is 6.04. The van der Waals surface area contributed by atoms with Gasteiger partial charge in [-0.25, -0.2) is 4.98 Å². The first-order chi connectivity index (χ1) is 15.7. The highest BCUT2D eigenvalue weighted by Gasteiger charge is 2.13. The Morgan fingerprint density at radius 2 is 1.41 bits per heavy atom. The Labute approximate surface area is 191 Å². The molecule has 4 nitrogen and oxygen atoms in total. The molecular formula is C27H22N2O2S. The van der Waals surface area contributed by atoms with Crippen molar-refractivity contribution in [3.05, 3.63) is 107 Å². The van der Waals surface area contributed by atoms with Gasteiger partial charge < -0.3 is 9.47 Å². The summed E-state index contributed by atoms with van der Waals surface area (Å²) in [6.07, 6.45) is 0. The first-order valence-electron chi connectivity index (χ1n) is 10.5. The van der Waals surface area contributed by atoms with E-state index in [2.05, 4.69) is 23.2 Å². The third-order valence-electron chi connectivity index (χ3n) is 5.09. The Kier molecular flexibility index (Phi) is 5.81. The first kappa shape index (κ1) is 20.2. The van der Waals surface area contributed by atoms with Crippen LogP contribution in [0.25, 0.3) is 21.3 Å². The summed E-state index contributed by atoms with van der Waals surface area (Å²) in [6.45, 7) is 2.91. The molecule has 158 valence electrons. The van der Waals surface area contributed by atoms with E-state index in [9.17, 15) is 0 Å². The lowest BCUT2D eigenvalue weighted by molar-refractivity contribution is 0.268. The van der Waals surface area contributed by atoms with E-state index < -0.39 is 0 Å². The topological polar surface area (TPSA) is 44.2 Å². The van der Waals surface area contributed by atoms with E-state index in [0.29, 0.717) is 25.0 Å². The van der Waals surface area contributed by atoms with Gasteiger partial charge in [-0.05, 0) is 41.8 Å². The largest absolute Gasteiger partial charge is 0.473 e. The number of fused-ring (bicyclic) bond motifs is 1. The van der Waals surface area contributed by atoms with Crippen LogP contribution in [0, 0.1) is 6.92 Å². The van der Waals surface area contributed by atoms with Crippen molar-refractivity contribution >= 4 is 21.6 Å². The fraction of sp³-hybridized carbons (Fsp3) is 0.111. The maximum absolute atomic E-state index is 6.18. The van der Waals surface area contributed by atoms with Crippen LogP contribution in [0.3, 0.4) is 0 Å². The second-order valence-corrected chi connectivity index (χ2v) is 8.70. The van der Waals surface area contributed by atoms with Gasteiger partial charge in [-0.1, -0.05) is 66.7 Å². The SMILES string of the molecule is Cc1nc2cc(-c3ccc(OCc4ccccc4)nc3OCc3ccccc3)ccc2s1. The van der Waals surface area contributed by atoms with Crippen LogP contribution in [-0.2, 0) is 13.2 Å². The second kappa shape index (κ2) is 9.20. The Morgan fingerprint density at radius 1 is 0.719 bits per heavy atom. The number of aromatic nitrogens is 2. The Hall–Kier alpha value is -3.70. The molecule has 5 heteroatoms. The second-order valence-electron chi connectivity index (χ2n) is 7.47. The van der Waals surface area contributed by atoms with E-state index in [1.807, 2.05) is 79.7 Å². The summed E-state index contributed by atoms with van der Waals surface area (Å²) >= 11 is 1.70. The lowest BCUT2D eigenvalue weighted by Crippen LogP contribution is -2.02. The number of ether oxygens (including phenoxy) is 2. The van der Waals surface area contributed by atoms with E-state index in [1.165, 1.54) is 4.70 Å². The van der Waals surface area contributed by atoms with Crippen molar-refractivity contribution < 1.29 is 9.47 Å². The highest BCUT2D eigenvalue weighted by atomic mass is 32.1. The van der Waals surface area contributed by atoms with Crippen molar-refractivity contribution in [2.24, 2.45) is 0 Å². The molecule has 0 aliphatic carbocycles. The van der Waals surface area contributed by atoms with Crippen LogP contribution in [0.4, 0.5) is 0 Å². The van der Waals surface area contributed by atoms with E-state index in [0.717, 1.165) is 32.8 Å². The van der Waals surface area contributed by atoms with Crippen LogP contribution in [0.2, 0.25) is 0 Å². The number of benzene rings is 3. The van der Waals surface area contributed by atoms with Gasteiger partial charge in [0.05, 0.1) is 15.2 Å². The van der Waals surface area contributed by atoms with E-state index in [-0.39, 0.29) is 0 Å². The molecule has 0 saturated heterocycles. The van der Waals surface area contributed by atoms with E-state index in [1.54, 1.807) is 11.3 Å². The molecule has 0 aliphatic heterocycles. The molecule has 0 unspecified atom stereocenters. The van der Waals surface area contributed by atoms with Crippen LogP contribution in [0.5, 0.6) is 11.8 Å². The summed E-state index contributed by atoms with van der Waals surface area (Å²) in [6, 6.07) is 30.3. The quantitative estimate of drug-likeness (QED) is 0.279. The zero-order chi connectivity index (χ0) is 21.8. The highest BCUT2D eigenvalue weighted by molar-refractivity contribution is 7.18. The smallest absolute Gasteiger partial charge is 0.225 e. The molecule has 0 atom stereocenters. The monoisotopic (exact) mass is 438 g/mol. The fourth-order valence-electron chi connectivity index (χ4n) is 3.50. The molecule has 3 aromatic carbocycles. The van der Waals surface area contributed by atoms with Gasteiger partial charge in [0.25, 0.3) is 0 Å². The summed E-state index contributed by atoms with van der Waals surface area (Å²) in [5.74, 6) is 1.08. The first-order valence-corrected chi connectivity index (χ1v) is 11.3. The third kappa shape index (κ3) is 4.63. The predicted molar refractivity (Wildman–Crippen MR) is 129 cm³/mol. The standard InChI is InChI=1S/C27H22N2O2S/c1-19-28-24-16-22(12-14-25(24)32-19)23-13-15-26(30-17-20-8-4-2-5-9-20)29-27(23)31-18-21-10-6-3-7-11-21/h2-16H,17-18H2,1H3. The van der Waals surface area contributed by atoms with Crippen molar-refractivity contribution in [3.63, 3.8) is 0 Å². The van der Waals surface area contributed by atoms with E-state index >= 15 is 0 Å². The zero-order valence-electron chi connectivity index (χ0n) is 17.7. The number of nitrogens with zero attached hydrogens (tertiary/aromatic N) is 2. The molecule has 32 heavy (non-hydrogen) atoms. The lowest BCUT2D eigenvalue weighted by atomic mass is 10.1. The Balaban J connectivity index is 1.46. The number of aryl methyl sites for hydroxylation is 1. The van der Waals surface area contributed by atoms with Gasteiger partial charge in [-0.3, -0.25) is 0 Å². The zero-order valence-corrected chi connectivity index (χ0v) is 18.5. The molecular weight excluding hydrogens is 416 g/mol. The summed E-state index contributed by atoms with van der Waals surface area (Å²) in [4.78, 5) is 9.34. The average molecular weight is 439 g/mol. The molecule has 0 aliphatic rings. The Morgan fingerprint density at radius 3 is 2.12 bits per heavy atom. The molecule has 5 aromatic rings. The van der Waals surface area contributed by atoms with E-state index in [4.69, 9.17) is 14.5 Å². The number of pyridine rings is 1. The molecule has 0 N–H and O–H groups in total. The normalized spacial score (nSPS) is 10.9. The van der Waals surface area contributed by atoms with Crippen LogP contribution in [0.15, 0.2) is 91.0 Å². The molecule has 2 heterocycles. The Bertz CT molecular complexity index is 1330. The summed E-state index contributed by atoms with van der Waals surface area (Å²) in [5.41, 5.74) is 5.10. The molecule has 0 bridgehead atoms. The van der Waals surface area contributed by atoms with Gasteiger partial charge in [0.1, 0.15) is 13.2 Å². The molecule has 0 radical (unpaired) electrons. The number of rotatable bonds is 7. The molecule has 0 spiro atoms. The van der Waals surface area contributed by atoms with Crippen LogP contribution < -0.4 is 9.47 Å². The minimum Gasteiger partial charge on any atom is -0.473 e. The van der Waals surface area contributed by atoms with Crippen molar-refractivity contribution in [2.75, 3.05) is 0 Å². The molecule has 0 fully saturated rings. The van der Waals surface area contributed by atoms with Crippen LogP contribution in [0.1, 0.15) is 16.1 Å². The van der Waals surface area contributed by atoms with Crippen molar-refractivity contribution in [3.8, 4) is 22.9 Å². The van der Waals surface area contributed by atoms with Gasteiger partial charge in [-0.2, -0.15) is 4.98 Å². The number of thiazole rings is 1. The highest BCUT2D eigenvalue weighted by Crippen LogP contribution is 2.34. The summed E-state index contributed by atoms with van der Waals surface area (Å²) < 4.78 is 13.3. The van der Waals surface area contributed by atoms with Crippen LogP contribution in [-0.4, -0.2) is 9.97 Å². The minimum absolute atomic E-state index is 0.432. The van der Waals surface area contributed by atoms with Crippen LogP contribution >= 0.6 is 11.3 Å². The van der Waals surface area contributed by atoms with Gasteiger partial charge in [0.2, 0.25) is 11.8 Å². The molecule has 0 amide bonds. The maximum atomic E-state index is 6.18. The average Bonchev–Trinajstić information content (AvgIpc) is 3.22. The summed E-state index contributed by atoms with van der Waals surface area (Å²) in [5, 5.41) is 1.06. The van der Waals surface area contributed by atoms with Crippen molar-refractivity contribution in [1.82, 2.24) is 9.97 Å². The maximum Gasteiger partial charge on any atom is 0.225 e. The summed E-state index contributed by atoms with van der Waals surface area (Å²) in [7, 11) is 0. The minimum atomic E-state index is 0.432. The molecule has 5 rings (SSSR count). The van der Waals surface area contributed by atoms with Gasteiger partial charge in [0, 0.05) is 11.6 Å². The number of hydrogen-bond acceptors (Lipinski definition) is 5. The van der Waals surface area contributed by atoms with Gasteiger partial charge in [0.15, 0.2) is 0 Å². The fourth-order valence-corrected chi connectivity index (χ4v) is 4.31. The van der Waals surface area contributed by atoms with Crippen molar-refractivity contribution in [2.45, 2.75) is 20.1 Å². The van der Waals surface area contributed by atoms with Gasteiger partial charge in [-0.15, -0.1) is 11.3 Å². The van der Waals surface area contributed by atoms with Gasteiger partial charge >= 0.3 is 0 Å². The predicted octanol–water partition coefficient (Wildman–Crippen LogP) is 6.82. The van der Waals surface area contributed by atoms with Crippen molar-refractivity contribution in [1.29, 1.82) is 0 Å². The lowest BCUT2D eigenvalue weighted by Gasteiger charge is -2.13. The molecule has 0 saturated carbocycles. The molecule has 2 aromatic heterocycles.